The average Bonchev–Trinajstić information content (AvgIpc) is 3.20. The molecule has 1 atom stereocenters. The predicted octanol–water partition coefficient (Wildman–Crippen LogP) is 2.62. The summed E-state index contributed by atoms with van der Waals surface area (Å²) < 4.78 is 57.4. The SMILES string of the molecule is Cc1cc(NC(=O)c2ccc(F)c(C(F)(F)C(=O)N3CCC[C@H]3B(O)O)c2)ccc1F. The van der Waals surface area contributed by atoms with Gasteiger partial charge in [-0.25, -0.2) is 8.78 Å². The molecule has 0 aromatic heterocycles. The van der Waals surface area contributed by atoms with Gasteiger partial charge in [0.2, 0.25) is 0 Å². The zero-order valence-electron chi connectivity index (χ0n) is 16.4. The smallest absolute Gasteiger partial charge is 0.426 e. The number of alkyl halides is 2. The van der Waals surface area contributed by atoms with Gasteiger partial charge in [0.1, 0.15) is 11.6 Å². The minimum absolute atomic E-state index is 0.113. The Hall–Kier alpha value is -2.92. The van der Waals surface area contributed by atoms with Crippen LogP contribution in [0.4, 0.5) is 23.2 Å². The topological polar surface area (TPSA) is 89.9 Å². The van der Waals surface area contributed by atoms with Crippen LogP contribution in [0.3, 0.4) is 0 Å². The Kier molecular flexibility index (Phi) is 6.37. The molecule has 0 unspecified atom stereocenters. The van der Waals surface area contributed by atoms with Gasteiger partial charge in [-0.15, -0.1) is 0 Å². The summed E-state index contributed by atoms with van der Waals surface area (Å²) in [7, 11) is -2.01. The highest BCUT2D eigenvalue weighted by molar-refractivity contribution is 6.43. The highest BCUT2D eigenvalue weighted by Crippen LogP contribution is 2.35. The van der Waals surface area contributed by atoms with Crippen LogP contribution in [0.2, 0.25) is 0 Å². The van der Waals surface area contributed by atoms with Crippen LogP contribution in [0.25, 0.3) is 0 Å². The molecule has 11 heteroatoms. The second kappa shape index (κ2) is 8.68. The molecule has 2 amide bonds. The van der Waals surface area contributed by atoms with Gasteiger partial charge >= 0.3 is 13.0 Å². The standard InChI is InChI=1S/C20H19BF4N2O4/c1-11-9-13(5-7-15(11)22)26-18(28)12-4-6-16(23)14(10-12)20(24,25)19(29)27-8-2-3-17(27)21(30)31/h4-7,9-10,17,30-31H,2-3,8H2,1H3,(H,26,28)/t17-/m0/s1. The van der Waals surface area contributed by atoms with Crippen LogP contribution in [0.5, 0.6) is 0 Å². The third-order valence-corrected chi connectivity index (χ3v) is 5.16. The van der Waals surface area contributed by atoms with Crippen LogP contribution in [-0.2, 0) is 10.7 Å². The summed E-state index contributed by atoms with van der Waals surface area (Å²) in [5, 5.41) is 21.0. The molecule has 0 aliphatic carbocycles. The van der Waals surface area contributed by atoms with Crippen molar-refractivity contribution in [1.82, 2.24) is 4.90 Å². The molecule has 1 fully saturated rings. The van der Waals surface area contributed by atoms with Crippen molar-refractivity contribution in [3.63, 3.8) is 0 Å². The fraction of sp³-hybridized carbons (Fsp3) is 0.300. The number of carbonyl (C=O) groups excluding carboxylic acids is 2. The maximum absolute atomic E-state index is 14.9. The molecular weight excluding hydrogens is 419 g/mol. The Morgan fingerprint density at radius 2 is 1.81 bits per heavy atom. The first-order valence-corrected chi connectivity index (χ1v) is 9.45. The van der Waals surface area contributed by atoms with Gasteiger partial charge < -0.3 is 20.3 Å². The maximum atomic E-state index is 14.9. The predicted molar refractivity (Wildman–Crippen MR) is 104 cm³/mol. The second-order valence-electron chi connectivity index (χ2n) is 7.31. The summed E-state index contributed by atoms with van der Waals surface area (Å²) in [5.74, 6) is -10.1. The van der Waals surface area contributed by atoms with Crippen LogP contribution in [0.1, 0.15) is 34.3 Å². The summed E-state index contributed by atoms with van der Waals surface area (Å²) in [6, 6.07) is 5.92. The van der Waals surface area contributed by atoms with Crippen molar-refractivity contribution in [3.8, 4) is 0 Å². The minimum atomic E-state index is -4.34. The van der Waals surface area contributed by atoms with E-state index in [1.807, 2.05) is 0 Å². The number of nitrogens with one attached hydrogen (secondary N) is 1. The Morgan fingerprint density at radius 3 is 2.45 bits per heavy atom. The van der Waals surface area contributed by atoms with Crippen molar-refractivity contribution in [2.24, 2.45) is 0 Å². The van der Waals surface area contributed by atoms with Gasteiger partial charge in [-0.05, 0) is 61.7 Å². The molecule has 1 heterocycles. The van der Waals surface area contributed by atoms with E-state index in [0.717, 1.165) is 12.1 Å². The number of nitrogens with zero attached hydrogens (tertiary/aromatic N) is 1. The van der Waals surface area contributed by atoms with Crippen molar-refractivity contribution >= 4 is 24.6 Å². The number of hydrogen-bond acceptors (Lipinski definition) is 4. The van der Waals surface area contributed by atoms with Crippen LogP contribution >= 0.6 is 0 Å². The first-order valence-electron chi connectivity index (χ1n) is 9.45. The van der Waals surface area contributed by atoms with Crippen molar-refractivity contribution in [2.45, 2.75) is 31.6 Å². The first kappa shape index (κ1) is 22.8. The highest BCUT2D eigenvalue weighted by Gasteiger charge is 2.50. The van der Waals surface area contributed by atoms with Crippen LogP contribution < -0.4 is 5.32 Å². The zero-order chi connectivity index (χ0) is 22.9. The Morgan fingerprint density at radius 1 is 1.13 bits per heavy atom. The lowest BCUT2D eigenvalue weighted by Gasteiger charge is -2.28. The lowest BCUT2D eigenvalue weighted by atomic mass is 9.77. The van der Waals surface area contributed by atoms with E-state index in [9.17, 15) is 37.2 Å². The van der Waals surface area contributed by atoms with E-state index in [4.69, 9.17) is 0 Å². The van der Waals surface area contributed by atoms with Gasteiger partial charge in [0.15, 0.2) is 0 Å². The average molecular weight is 438 g/mol. The number of anilines is 1. The van der Waals surface area contributed by atoms with E-state index in [1.165, 1.54) is 19.1 Å². The molecule has 0 spiro atoms. The molecule has 6 nitrogen and oxygen atoms in total. The van der Waals surface area contributed by atoms with Gasteiger partial charge in [-0.1, -0.05) is 0 Å². The largest absolute Gasteiger partial charge is 0.475 e. The van der Waals surface area contributed by atoms with E-state index in [-0.39, 0.29) is 36.2 Å². The van der Waals surface area contributed by atoms with Crippen LogP contribution in [-0.4, -0.2) is 46.4 Å². The molecular formula is C20H19BF4N2O4. The lowest BCUT2D eigenvalue weighted by Crippen LogP contribution is -2.50. The summed E-state index contributed by atoms with van der Waals surface area (Å²) >= 11 is 0. The van der Waals surface area contributed by atoms with Crippen molar-refractivity contribution < 1.29 is 37.2 Å². The number of halogens is 4. The summed E-state index contributed by atoms with van der Waals surface area (Å²) in [4.78, 5) is 25.5. The minimum Gasteiger partial charge on any atom is -0.426 e. The number of benzene rings is 2. The number of rotatable bonds is 5. The number of carbonyl (C=O) groups is 2. The number of amides is 2. The van der Waals surface area contributed by atoms with Gasteiger partial charge in [0.05, 0.1) is 11.5 Å². The fourth-order valence-electron chi connectivity index (χ4n) is 3.48. The molecule has 1 saturated heterocycles. The third kappa shape index (κ3) is 4.57. The quantitative estimate of drug-likeness (QED) is 0.495. The highest BCUT2D eigenvalue weighted by atomic mass is 19.3. The fourth-order valence-corrected chi connectivity index (χ4v) is 3.48. The molecule has 3 N–H and O–H groups in total. The second-order valence-corrected chi connectivity index (χ2v) is 7.31. The molecule has 0 bridgehead atoms. The molecule has 1 aliphatic heterocycles. The Balaban J connectivity index is 1.87. The number of hydrogen-bond donors (Lipinski definition) is 3. The first-order chi connectivity index (χ1) is 14.5. The van der Waals surface area contributed by atoms with Crippen molar-refractivity contribution in [1.29, 1.82) is 0 Å². The van der Waals surface area contributed by atoms with Crippen molar-refractivity contribution in [3.05, 3.63) is 64.7 Å². The number of likely N-dealkylation sites (tertiary alicyclic amines) is 1. The summed E-state index contributed by atoms with van der Waals surface area (Å²) in [5.41, 5.74) is -1.19. The normalized spacial score (nSPS) is 16.4. The molecule has 31 heavy (non-hydrogen) atoms. The van der Waals surface area contributed by atoms with E-state index >= 15 is 0 Å². The van der Waals surface area contributed by atoms with E-state index in [1.54, 1.807) is 0 Å². The number of aryl methyl sites for hydroxylation is 1. The van der Waals surface area contributed by atoms with Gasteiger partial charge in [-0.3, -0.25) is 9.59 Å². The van der Waals surface area contributed by atoms with E-state index < -0.39 is 48.0 Å². The van der Waals surface area contributed by atoms with Gasteiger partial charge in [-0.2, -0.15) is 8.78 Å². The van der Waals surface area contributed by atoms with Gasteiger partial charge in [0, 0.05) is 17.8 Å². The monoisotopic (exact) mass is 438 g/mol. The van der Waals surface area contributed by atoms with Gasteiger partial charge in [0.25, 0.3) is 11.8 Å². The Bertz CT molecular complexity index is 1020. The van der Waals surface area contributed by atoms with E-state index in [2.05, 4.69) is 5.32 Å². The zero-order valence-corrected chi connectivity index (χ0v) is 16.4. The molecule has 2 aromatic rings. The molecule has 3 rings (SSSR count). The summed E-state index contributed by atoms with van der Waals surface area (Å²) in [6.45, 7) is 1.34. The molecule has 0 radical (unpaired) electrons. The molecule has 0 saturated carbocycles. The third-order valence-electron chi connectivity index (χ3n) is 5.16. The lowest BCUT2D eigenvalue weighted by molar-refractivity contribution is -0.159. The van der Waals surface area contributed by atoms with Crippen molar-refractivity contribution in [2.75, 3.05) is 11.9 Å². The maximum Gasteiger partial charge on any atom is 0.475 e. The van der Waals surface area contributed by atoms with E-state index in [0.29, 0.717) is 17.0 Å². The molecule has 2 aromatic carbocycles. The van der Waals surface area contributed by atoms with Crippen LogP contribution in [0.15, 0.2) is 36.4 Å². The molecule has 1 aliphatic rings. The van der Waals surface area contributed by atoms with Crippen LogP contribution in [0, 0.1) is 18.6 Å². The summed E-state index contributed by atoms with van der Waals surface area (Å²) in [6.07, 6.45) is 0.396. The molecule has 164 valence electrons. The Labute approximate surface area is 175 Å².